The van der Waals surface area contributed by atoms with Crippen LogP contribution in [0.3, 0.4) is 0 Å². The number of esters is 1. The molecule has 3 aromatic carbocycles. The van der Waals surface area contributed by atoms with E-state index >= 15 is 0 Å². The number of aryl methyl sites for hydroxylation is 3. The molecule has 5 nitrogen and oxygen atoms in total. The van der Waals surface area contributed by atoms with E-state index in [0.29, 0.717) is 12.0 Å². The molecule has 1 aliphatic heterocycles. The van der Waals surface area contributed by atoms with E-state index in [1.807, 2.05) is 32.0 Å². The first-order valence-electron chi connectivity index (χ1n) is 14.4. The second-order valence-corrected chi connectivity index (χ2v) is 11.5. The molecule has 1 unspecified atom stereocenters. The van der Waals surface area contributed by atoms with Gasteiger partial charge < -0.3 is 14.7 Å². The number of carbonyl (C=O) groups is 2. The van der Waals surface area contributed by atoms with Crippen LogP contribution in [-0.2, 0) is 15.1 Å². The smallest absolute Gasteiger partial charge is 0.312 e. The minimum absolute atomic E-state index is 0.115. The van der Waals surface area contributed by atoms with Crippen molar-refractivity contribution < 1.29 is 19.4 Å². The fourth-order valence-electron chi connectivity index (χ4n) is 6.07. The van der Waals surface area contributed by atoms with Crippen molar-refractivity contribution in [2.24, 2.45) is 5.92 Å². The van der Waals surface area contributed by atoms with E-state index in [0.717, 1.165) is 61.2 Å². The van der Waals surface area contributed by atoms with E-state index in [9.17, 15) is 14.7 Å². The van der Waals surface area contributed by atoms with E-state index < -0.39 is 5.60 Å². The predicted octanol–water partition coefficient (Wildman–Crippen LogP) is 6.50. The highest BCUT2D eigenvalue weighted by molar-refractivity contribution is 5.96. The Labute approximate surface area is 239 Å². The zero-order valence-electron chi connectivity index (χ0n) is 24.6. The monoisotopic (exact) mass is 541 g/mol. The molecule has 0 radical (unpaired) electrons. The van der Waals surface area contributed by atoms with Gasteiger partial charge in [0.05, 0.1) is 13.0 Å². The molecule has 0 saturated carbocycles. The van der Waals surface area contributed by atoms with Crippen molar-refractivity contribution in [3.05, 3.63) is 106 Å². The van der Waals surface area contributed by atoms with Crippen LogP contribution in [0.15, 0.2) is 66.7 Å². The van der Waals surface area contributed by atoms with Gasteiger partial charge in [-0.05, 0) is 101 Å². The molecule has 1 heterocycles. The molecule has 5 heteroatoms. The number of aliphatic hydroxyl groups is 1. The van der Waals surface area contributed by atoms with Crippen LogP contribution < -0.4 is 0 Å². The minimum atomic E-state index is -1.03. The second kappa shape index (κ2) is 12.9. The summed E-state index contributed by atoms with van der Waals surface area (Å²) in [6, 6.07) is 22.2. The van der Waals surface area contributed by atoms with E-state index in [4.69, 9.17) is 4.74 Å². The van der Waals surface area contributed by atoms with Crippen molar-refractivity contribution in [3.8, 4) is 0 Å². The summed E-state index contributed by atoms with van der Waals surface area (Å²) in [6.07, 6.45) is 3.07. The molecule has 1 N–H and O–H groups in total. The summed E-state index contributed by atoms with van der Waals surface area (Å²) >= 11 is 0. The maximum absolute atomic E-state index is 12.9. The molecule has 4 rings (SSSR count). The Bertz CT molecular complexity index is 1260. The maximum atomic E-state index is 12.9. The van der Waals surface area contributed by atoms with Gasteiger partial charge in [0.15, 0.2) is 5.78 Å². The van der Waals surface area contributed by atoms with Crippen LogP contribution in [0.25, 0.3) is 0 Å². The maximum Gasteiger partial charge on any atom is 0.312 e. The highest BCUT2D eigenvalue weighted by Crippen LogP contribution is 2.42. The number of benzene rings is 3. The van der Waals surface area contributed by atoms with Crippen molar-refractivity contribution in [1.82, 2.24) is 4.90 Å². The summed E-state index contributed by atoms with van der Waals surface area (Å²) < 4.78 is 4.86. The van der Waals surface area contributed by atoms with Gasteiger partial charge >= 0.3 is 5.97 Å². The van der Waals surface area contributed by atoms with Crippen molar-refractivity contribution in [2.75, 3.05) is 26.7 Å². The number of Topliss-reactive ketones (excluding diaryl/α,β-unsaturated/α-hetero) is 1. The molecule has 3 aromatic rings. The van der Waals surface area contributed by atoms with Gasteiger partial charge in [0.25, 0.3) is 0 Å². The van der Waals surface area contributed by atoms with Crippen molar-refractivity contribution in [2.45, 2.75) is 64.9 Å². The molecule has 0 spiro atoms. The van der Waals surface area contributed by atoms with E-state index in [1.54, 1.807) is 0 Å². The molecule has 0 aromatic heterocycles. The highest BCUT2D eigenvalue weighted by Gasteiger charge is 2.41. The zero-order valence-corrected chi connectivity index (χ0v) is 24.6. The second-order valence-electron chi connectivity index (χ2n) is 11.5. The van der Waals surface area contributed by atoms with Gasteiger partial charge in [0, 0.05) is 12.0 Å². The Balaban J connectivity index is 1.35. The Kier molecular flexibility index (Phi) is 9.60. The van der Waals surface area contributed by atoms with Gasteiger partial charge in [-0.15, -0.1) is 0 Å². The average molecular weight is 542 g/mol. The Hall–Kier alpha value is -3.28. The van der Waals surface area contributed by atoms with Crippen LogP contribution in [0.2, 0.25) is 0 Å². The molecule has 1 saturated heterocycles. The van der Waals surface area contributed by atoms with E-state index in [-0.39, 0.29) is 23.6 Å². The summed E-state index contributed by atoms with van der Waals surface area (Å²) in [7, 11) is 1.39. The van der Waals surface area contributed by atoms with E-state index in [1.165, 1.54) is 18.2 Å². The predicted molar refractivity (Wildman–Crippen MR) is 160 cm³/mol. The van der Waals surface area contributed by atoms with Gasteiger partial charge in [-0.3, -0.25) is 9.59 Å². The molecule has 1 fully saturated rings. The van der Waals surface area contributed by atoms with Crippen LogP contribution in [0, 0.1) is 26.7 Å². The molecule has 0 aliphatic carbocycles. The largest absolute Gasteiger partial charge is 0.469 e. The molecular formula is C35H43NO4. The number of nitrogens with zero attached hydrogens (tertiary/aromatic N) is 1. The number of hydrogen-bond donors (Lipinski definition) is 1. The topological polar surface area (TPSA) is 66.8 Å². The van der Waals surface area contributed by atoms with Crippen molar-refractivity contribution >= 4 is 11.8 Å². The lowest BCUT2D eigenvalue weighted by Crippen LogP contribution is -2.44. The molecule has 1 atom stereocenters. The van der Waals surface area contributed by atoms with Gasteiger partial charge in [-0.25, -0.2) is 0 Å². The average Bonchev–Trinajstić information content (AvgIpc) is 2.97. The number of ether oxygens (including phenoxy) is 1. The first-order chi connectivity index (χ1) is 19.1. The number of carbonyl (C=O) groups excluding carboxylic acids is 2. The van der Waals surface area contributed by atoms with Gasteiger partial charge in [-0.1, -0.05) is 71.8 Å². The lowest BCUT2D eigenvalue weighted by Gasteiger charge is -2.42. The summed E-state index contributed by atoms with van der Waals surface area (Å²) in [6.45, 7) is 10.6. The number of rotatable bonds is 10. The summed E-state index contributed by atoms with van der Waals surface area (Å²) in [4.78, 5) is 27.2. The third kappa shape index (κ3) is 6.54. The first kappa shape index (κ1) is 29.7. The van der Waals surface area contributed by atoms with Gasteiger partial charge in [0.1, 0.15) is 5.60 Å². The van der Waals surface area contributed by atoms with Crippen molar-refractivity contribution in [1.29, 1.82) is 0 Å². The molecule has 212 valence electrons. The van der Waals surface area contributed by atoms with Crippen molar-refractivity contribution in [3.63, 3.8) is 0 Å². The quantitative estimate of drug-likeness (QED) is 0.234. The molecular weight excluding hydrogens is 498 g/mol. The lowest BCUT2D eigenvalue weighted by atomic mass is 9.72. The standard InChI is InChI=1S/C35H43NO4/c1-24-8-13-29(14-9-24)35(39,30-15-10-25(2)11-16-30)31-18-21-36(22-19-31)20-6-7-33(37)28-12-17-32(26(3)23-28)27(4)34(38)40-5/h8-17,23,27,31,39H,6-7,18-22H2,1-5H3. The van der Waals surface area contributed by atoms with Crippen LogP contribution in [0.4, 0.5) is 0 Å². The van der Waals surface area contributed by atoms with Gasteiger partial charge in [-0.2, -0.15) is 0 Å². The molecule has 1 aliphatic rings. The fraction of sp³-hybridized carbons (Fsp3) is 0.429. The summed E-state index contributed by atoms with van der Waals surface area (Å²) in [5.74, 6) is -0.387. The Morgan fingerprint density at radius 2 is 1.48 bits per heavy atom. The number of piperidine rings is 1. The molecule has 0 amide bonds. The number of methoxy groups -OCH3 is 1. The van der Waals surface area contributed by atoms with Crippen LogP contribution in [0.5, 0.6) is 0 Å². The SMILES string of the molecule is COC(=O)C(C)c1ccc(C(=O)CCCN2CCC(C(O)(c3ccc(C)cc3)c3ccc(C)cc3)CC2)cc1C. The zero-order chi connectivity index (χ0) is 28.9. The van der Waals surface area contributed by atoms with E-state index in [2.05, 4.69) is 67.3 Å². The van der Waals surface area contributed by atoms with Gasteiger partial charge in [0.2, 0.25) is 0 Å². The Morgan fingerprint density at radius 1 is 0.925 bits per heavy atom. The normalized spacial score (nSPS) is 15.6. The van der Waals surface area contributed by atoms with Crippen LogP contribution in [0.1, 0.15) is 82.3 Å². The number of ketones is 1. The number of hydrogen-bond acceptors (Lipinski definition) is 5. The minimum Gasteiger partial charge on any atom is -0.469 e. The van der Waals surface area contributed by atoms with Crippen LogP contribution >= 0.6 is 0 Å². The number of likely N-dealkylation sites (tertiary alicyclic amines) is 1. The third-order valence-corrected chi connectivity index (χ3v) is 8.65. The fourth-order valence-corrected chi connectivity index (χ4v) is 6.07. The third-order valence-electron chi connectivity index (χ3n) is 8.65. The molecule has 40 heavy (non-hydrogen) atoms. The lowest BCUT2D eigenvalue weighted by molar-refractivity contribution is -0.142. The van der Waals surface area contributed by atoms with Crippen LogP contribution in [-0.4, -0.2) is 48.5 Å². The summed E-state index contributed by atoms with van der Waals surface area (Å²) in [5, 5.41) is 12.3. The Morgan fingerprint density at radius 3 is 1.98 bits per heavy atom. The summed E-state index contributed by atoms with van der Waals surface area (Å²) in [5.41, 5.74) is 5.75. The highest BCUT2D eigenvalue weighted by atomic mass is 16.5. The molecule has 0 bridgehead atoms. The first-order valence-corrected chi connectivity index (χ1v) is 14.4.